The Kier molecular flexibility index (Phi) is 5.18. The minimum Gasteiger partial charge on any atom is -0.494 e. The fourth-order valence-corrected chi connectivity index (χ4v) is 2.84. The smallest absolute Gasteiger partial charge is 0.145 e. The summed E-state index contributed by atoms with van der Waals surface area (Å²) in [5, 5.41) is 5.21. The Labute approximate surface area is 146 Å². The van der Waals surface area contributed by atoms with Gasteiger partial charge in [0.2, 0.25) is 0 Å². The maximum Gasteiger partial charge on any atom is 0.145 e. The van der Waals surface area contributed by atoms with Crippen LogP contribution in [0.5, 0.6) is 5.75 Å². The molecule has 1 heterocycles. The van der Waals surface area contributed by atoms with Crippen LogP contribution in [0.25, 0.3) is 10.9 Å². The van der Waals surface area contributed by atoms with E-state index < -0.39 is 0 Å². The number of pyridine rings is 1. The Morgan fingerprint density at radius 2 is 1.92 bits per heavy atom. The molecule has 2 aromatic carbocycles. The van der Waals surface area contributed by atoms with Gasteiger partial charge in [-0.1, -0.05) is 41.9 Å². The molecule has 24 heavy (non-hydrogen) atoms. The molecule has 3 aromatic rings. The largest absolute Gasteiger partial charge is 0.494 e. The van der Waals surface area contributed by atoms with Gasteiger partial charge in [-0.05, 0) is 23.8 Å². The van der Waals surface area contributed by atoms with Gasteiger partial charge in [0.05, 0.1) is 19.4 Å². The topological polar surface area (TPSA) is 43.4 Å². The van der Waals surface area contributed by atoms with Crippen LogP contribution in [-0.2, 0) is 17.9 Å². The van der Waals surface area contributed by atoms with Crippen LogP contribution in [0.3, 0.4) is 0 Å². The number of hydrogen-bond donors (Lipinski definition) is 1. The van der Waals surface area contributed by atoms with Crippen molar-refractivity contribution in [3.63, 3.8) is 0 Å². The molecular formula is C19H19ClN2O2. The highest BCUT2D eigenvalue weighted by Crippen LogP contribution is 2.30. The summed E-state index contributed by atoms with van der Waals surface area (Å²) in [6, 6.07) is 15.7. The number of halogens is 1. The molecule has 124 valence electrons. The van der Waals surface area contributed by atoms with E-state index in [-0.39, 0.29) is 0 Å². The number of para-hydroxylation sites is 1. The minimum atomic E-state index is 0.439. The van der Waals surface area contributed by atoms with E-state index in [2.05, 4.69) is 10.3 Å². The Morgan fingerprint density at radius 1 is 1.08 bits per heavy atom. The highest BCUT2D eigenvalue weighted by molar-refractivity contribution is 6.31. The van der Waals surface area contributed by atoms with E-state index in [4.69, 9.17) is 21.1 Å². The van der Waals surface area contributed by atoms with Crippen LogP contribution in [0.2, 0.25) is 5.02 Å². The van der Waals surface area contributed by atoms with Gasteiger partial charge in [-0.15, -0.1) is 0 Å². The number of aromatic nitrogens is 1. The molecular weight excluding hydrogens is 324 g/mol. The van der Waals surface area contributed by atoms with Crippen molar-refractivity contribution in [1.82, 2.24) is 4.98 Å². The second-order valence-corrected chi connectivity index (χ2v) is 5.80. The fourth-order valence-electron chi connectivity index (χ4n) is 2.64. The van der Waals surface area contributed by atoms with Crippen LogP contribution >= 0.6 is 11.6 Å². The summed E-state index contributed by atoms with van der Waals surface area (Å²) in [5.41, 5.74) is 3.68. The van der Waals surface area contributed by atoms with Crippen molar-refractivity contribution in [2.45, 2.75) is 13.2 Å². The normalized spacial score (nSPS) is 10.8. The van der Waals surface area contributed by atoms with Crippen LogP contribution in [0.1, 0.15) is 11.3 Å². The standard InChI is InChI=1S/C19H19ClN2O2/c1-23-12-14-10-17(21-11-13-6-3-4-8-16(13)20)15-7-5-9-18(24-2)19(15)22-14/h3-10H,11-12H2,1-2H3,(H,21,22). The molecule has 1 aromatic heterocycles. The molecule has 0 aliphatic carbocycles. The molecule has 0 saturated heterocycles. The average Bonchev–Trinajstić information content (AvgIpc) is 2.60. The lowest BCUT2D eigenvalue weighted by Gasteiger charge is -2.14. The molecule has 0 saturated carbocycles. The zero-order valence-electron chi connectivity index (χ0n) is 13.7. The fraction of sp³-hybridized carbons (Fsp3) is 0.211. The van der Waals surface area contributed by atoms with E-state index in [0.717, 1.165) is 38.6 Å². The van der Waals surface area contributed by atoms with Crippen LogP contribution in [0.15, 0.2) is 48.5 Å². The summed E-state index contributed by atoms with van der Waals surface area (Å²) in [5.74, 6) is 0.742. The van der Waals surface area contributed by atoms with Gasteiger partial charge in [0, 0.05) is 29.8 Å². The van der Waals surface area contributed by atoms with Crippen LogP contribution in [0.4, 0.5) is 5.69 Å². The predicted octanol–water partition coefficient (Wildman–Crippen LogP) is 4.66. The summed E-state index contributed by atoms with van der Waals surface area (Å²) < 4.78 is 10.7. The zero-order chi connectivity index (χ0) is 16.9. The maximum atomic E-state index is 6.25. The number of anilines is 1. The molecule has 0 amide bonds. The third kappa shape index (κ3) is 3.45. The summed E-state index contributed by atoms with van der Waals surface area (Å²) in [4.78, 5) is 4.65. The summed E-state index contributed by atoms with van der Waals surface area (Å²) in [6.07, 6.45) is 0. The van der Waals surface area contributed by atoms with E-state index in [1.807, 2.05) is 48.5 Å². The SMILES string of the molecule is COCc1cc(NCc2ccccc2Cl)c2cccc(OC)c2n1. The van der Waals surface area contributed by atoms with E-state index in [0.29, 0.717) is 13.2 Å². The van der Waals surface area contributed by atoms with Gasteiger partial charge in [0.15, 0.2) is 0 Å². The average molecular weight is 343 g/mol. The zero-order valence-corrected chi connectivity index (χ0v) is 14.4. The first-order valence-corrected chi connectivity index (χ1v) is 8.03. The molecule has 0 bridgehead atoms. The number of hydrogen-bond acceptors (Lipinski definition) is 4. The number of nitrogens with one attached hydrogen (secondary N) is 1. The van der Waals surface area contributed by atoms with Gasteiger partial charge < -0.3 is 14.8 Å². The van der Waals surface area contributed by atoms with E-state index in [1.165, 1.54) is 0 Å². The van der Waals surface area contributed by atoms with Crippen molar-refractivity contribution < 1.29 is 9.47 Å². The first kappa shape index (κ1) is 16.6. The Hall–Kier alpha value is -2.30. The molecule has 4 nitrogen and oxygen atoms in total. The third-order valence-electron chi connectivity index (χ3n) is 3.79. The number of nitrogens with zero attached hydrogens (tertiary/aromatic N) is 1. The van der Waals surface area contributed by atoms with Gasteiger partial charge in [-0.3, -0.25) is 0 Å². The van der Waals surface area contributed by atoms with E-state index in [9.17, 15) is 0 Å². The number of ether oxygens (including phenoxy) is 2. The van der Waals surface area contributed by atoms with Gasteiger partial charge in [-0.25, -0.2) is 4.98 Å². The van der Waals surface area contributed by atoms with Crippen LogP contribution in [-0.4, -0.2) is 19.2 Å². The van der Waals surface area contributed by atoms with Crippen LogP contribution < -0.4 is 10.1 Å². The minimum absolute atomic E-state index is 0.439. The van der Waals surface area contributed by atoms with Crippen molar-refractivity contribution >= 4 is 28.2 Å². The number of rotatable bonds is 6. The van der Waals surface area contributed by atoms with Gasteiger partial charge >= 0.3 is 0 Å². The Bertz CT molecular complexity index is 852. The molecule has 0 aliphatic rings. The lowest BCUT2D eigenvalue weighted by Crippen LogP contribution is -2.04. The Balaban J connectivity index is 2.00. The maximum absolute atomic E-state index is 6.25. The predicted molar refractivity (Wildman–Crippen MR) is 97.8 cm³/mol. The molecule has 5 heteroatoms. The molecule has 0 atom stereocenters. The van der Waals surface area contributed by atoms with Crippen molar-refractivity contribution in [3.05, 3.63) is 64.8 Å². The van der Waals surface area contributed by atoms with E-state index in [1.54, 1.807) is 14.2 Å². The monoisotopic (exact) mass is 342 g/mol. The van der Waals surface area contributed by atoms with Gasteiger partial charge in [0.1, 0.15) is 11.3 Å². The van der Waals surface area contributed by atoms with Crippen molar-refractivity contribution in [2.24, 2.45) is 0 Å². The van der Waals surface area contributed by atoms with Gasteiger partial charge in [0.25, 0.3) is 0 Å². The Morgan fingerprint density at radius 3 is 2.67 bits per heavy atom. The molecule has 3 rings (SSSR count). The van der Waals surface area contributed by atoms with E-state index >= 15 is 0 Å². The highest BCUT2D eigenvalue weighted by atomic mass is 35.5. The molecule has 0 fully saturated rings. The summed E-state index contributed by atoms with van der Waals surface area (Å²) in [7, 11) is 3.31. The quantitative estimate of drug-likeness (QED) is 0.707. The molecule has 0 spiro atoms. The first-order chi connectivity index (χ1) is 11.7. The number of benzene rings is 2. The van der Waals surface area contributed by atoms with Crippen molar-refractivity contribution in [1.29, 1.82) is 0 Å². The van der Waals surface area contributed by atoms with Gasteiger partial charge in [-0.2, -0.15) is 0 Å². The third-order valence-corrected chi connectivity index (χ3v) is 4.16. The second kappa shape index (κ2) is 7.51. The number of methoxy groups -OCH3 is 2. The van der Waals surface area contributed by atoms with Crippen molar-refractivity contribution in [3.8, 4) is 5.75 Å². The summed E-state index contributed by atoms with van der Waals surface area (Å²) >= 11 is 6.25. The summed E-state index contributed by atoms with van der Waals surface area (Å²) in [6.45, 7) is 1.07. The first-order valence-electron chi connectivity index (χ1n) is 7.65. The molecule has 1 N–H and O–H groups in total. The lowest BCUT2D eigenvalue weighted by atomic mass is 10.1. The van der Waals surface area contributed by atoms with Crippen LogP contribution in [0, 0.1) is 0 Å². The second-order valence-electron chi connectivity index (χ2n) is 5.40. The lowest BCUT2D eigenvalue weighted by molar-refractivity contribution is 0.182. The van der Waals surface area contributed by atoms with Crippen molar-refractivity contribution in [2.75, 3.05) is 19.5 Å². The number of fused-ring (bicyclic) bond motifs is 1. The highest BCUT2D eigenvalue weighted by Gasteiger charge is 2.10. The molecule has 0 radical (unpaired) electrons. The molecule has 0 unspecified atom stereocenters. The molecule has 0 aliphatic heterocycles.